The first-order valence-corrected chi connectivity index (χ1v) is 9.63. The molecular formula is C20H18N6OS. The van der Waals surface area contributed by atoms with Crippen LogP contribution in [-0.2, 0) is 5.75 Å². The highest BCUT2D eigenvalue weighted by molar-refractivity contribution is 7.98. The Balaban J connectivity index is 1.58. The molecule has 0 radical (unpaired) electrons. The smallest absolute Gasteiger partial charge is 0.237 e. The van der Waals surface area contributed by atoms with Gasteiger partial charge in [0.1, 0.15) is 11.6 Å². The highest BCUT2D eigenvalue weighted by atomic mass is 32.2. The van der Waals surface area contributed by atoms with Gasteiger partial charge in [-0.25, -0.2) is 9.97 Å². The molecule has 0 saturated carbocycles. The molecule has 2 aromatic heterocycles. The maximum atomic E-state index is 5.71. The summed E-state index contributed by atoms with van der Waals surface area (Å²) in [6.07, 6.45) is 0. The van der Waals surface area contributed by atoms with E-state index in [9.17, 15) is 0 Å². The van der Waals surface area contributed by atoms with E-state index < -0.39 is 0 Å². The van der Waals surface area contributed by atoms with Gasteiger partial charge in [-0.3, -0.25) is 0 Å². The molecule has 7 nitrogen and oxygen atoms in total. The van der Waals surface area contributed by atoms with Crippen molar-refractivity contribution in [3.05, 3.63) is 89.6 Å². The van der Waals surface area contributed by atoms with Crippen LogP contribution in [-0.4, -0.2) is 20.1 Å². The van der Waals surface area contributed by atoms with E-state index in [0.29, 0.717) is 34.3 Å². The van der Waals surface area contributed by atoms with Gasteiger partial charge in [0.05, 0.1) is 11.7 Å². The number of hydrogen-bond donors (Lipinski definition) is 2. The van der Waals surface area contributed by atoms with Crippen molar-refractivity contribution < 1.29 is 4.52 Å². The van der Waals surface area contributed by atoms with Gasteiger partial charge in [0, 0.05) is 6.07 Å². The predicted octanol–water partition coefficient (Wildman–Crippen LogP) is 3.50. The van der Waals surface area contributed by atoms with Gasteiger partial charge in [-0.2, -0.15) is 4.98 Å². The number of rotatable bonds is 6. The van der Waals surface area contributed by atoms with Crippen molar-refractivity contribution in [1.82, 2.24) is 20.1 Å². The van der Waals surface area contributed by atoms with Crippen molar-refractivity contribution in [1.29, 1.82) is 0 Å². The lowest BCUT2D eigenvalue weighted by molar-refractivity contribution is 0.384. The summed E-state index contributed by atoms with van der Waals surface area (Å²) < 4.78 is 5.47. The summed E-state index contributed by atoms with van der Waals surface area (Å²) in [5.41, 5.74) is 13.6. The molecule has 0 aliphatic carbocycles. The summed E-state index contributed by atoms with van der Waals surface area (Å²) in [5, 5.41) is 4.70. The molecule has 140 valence electrons. The van der Waals surface area contributed by atoms with Crippen LogP contribution in [0.5, 0.6) is 0 Å². The van der Waals surface area contributed by atoms with Crippen LogP contribution in [0.2, 0.25) is 0 Å². The van der Waals surface area contributed by atoms with Crippen molar-refractivity contribution >= 4 is 23.4 Å². The zero-order chi connectivity index (χ0) is 19.3. The first kappa shape index (κ1) is 18.0. The summed E-state index contributed by atoms with van der Waals surface area (Å²) in [7, 11) is 0. The first-order valence-electron chi connectivity index (χ1n) is 8.64. The first-order chi connectivity index (χ1) is 13.7. The fraction of sp³-hybridized carbons (Fsp3) is 0.100. The lowest BCUT2D eigenvalue weighted by Gasteiger charge is -2.14. The van der Waals surface area contributed by atoms with Crippen LogP contribution in [0.3, 0.4) is 0 Å². The molecule has 0 saturated heterocycles. The van der Waals surface area contributed by atoms with E-state index in [4.69, 9.17) is 16.0 Å². The van der Waals surface area contributed by atoms with E-state index in [1.54, 1.807) is 0 Å². The number of anilines is 2. The second-order valence-electron chi connectivity index (χ2n) is 6.09. The van der Waals surface area contributed by atoms with Gasteiger partial charge in [0.25, 0.3) is 0 Å². The third-order valence-corrected chi connectivity index (χ3v) is 4.91. The van der Waals surface area contributed by atoms with Crippen LogP contribution >= 0.6 is 11.8 Å². The Morgan fingerprint density at radius 2 is 1.39 bits per heavy atom. The quantitative estimate of drug-likeness (QED) is 0.379. The van der Waals surface area contributed by atoms with Crippen molar-refractivity contribution in [2.45, 2.75) is 16.8 Å². The van der Waals surface area contributed by atoms with Crippen LogP contribution < -0.4 is 11.5 Å². The fourth-order valence-corrected chi connectivity index (χ4v) is 3.59. The van der Waals surface area contributed by atoms with E-state index in [2.05, 4.69) is 44.4 Å². The molecule has 2 heterocycles. The number of nitrogen functional groups attached to an aromatic ring is 2. The summed E-state index contributed by atoms with van der Waals surface area (Å²) >= 11 is 1.34. The number of nitrogens with two attached hydrogens (primary N) is 2. The summed E-state index contributed by atoms with van der Waals surface area (Å²) in [4.78, 5) is 12.9. The molecule has 0 unspecified atom stereocenters. The third kappa shape index (κ3) is 4.12. The minimum absolute atomic E-state index is 0.107. The molecule has 0 bridgehead atoms. The maximum Gasteiger partial charge on any atom is 0.237 e. The molecule has 0 atom stereocenters. The molecular weight excluding hydrogens is 372 g/mol. The van der Waals surface area contributed by atoms with Crippen LogP contribution in [0, 0.1) is 0 Å². The van der Waals surface area contributed by atoms with Gasteiger partial charge < -0.3 is 16.0 Å². The summed E-state index contributed by atoms with van der Waals surface area (Å²) in [6, 6.07) is 21.7. The van der Waals surface area contributed by atoms with Crippen LogP contribution in [0.25, 0.3) is 0 Å². The van der Waals surface area contributed by atoms with Crippen LogP contribution in [0.15, 0.2) is 76.4 Å². The number of nitrogens with zero attached hydrogens (tertiary/aromatic N) is 4. The SMILES string of the molecule is Nc1cc(N)nc(SCc2nc(C(c3ccccc3)c3ccccc3)no2)n1. The average Bonchev–Trinajstić information content (AvgIpc) is 3.16. The molecule has 28 heavy (non-hydrogen) atoms. The van der Waals surface area contributed by atoms with E-state index in [1.165, 1.54) is 17.8 Å². The van der Waals surface area contributed by atoms with Crippen LogP contribution in [0.4, 0.5) is 11.6 Å². The van der Waals surface area contributed by atoms with Gasteiger partial charge in [-0.1, -0.05) is 77.6 Å². The second kappa shape index (κ2) is 8.10. The lowest BCUT2D eigenvalue weighted by Crippen LogP contribution is -2.05. The molecule has 4 N–H and O–H groups in total. The number of benzene rings is 2. The average molecular weight is 390 g/mol. The van der Waals surface area contributed by atoms with E-state index in [-0.39, 0.29) is 5.92 Å². The fourth-order valence-electron chi connectivity index (χ4n) is 2.88. The molecule has 4 aromatic rings. The van der Waals surface area contributed by atoms with Gasteiger partial charge in [0.2, 0.25) is 5.89 Å². The molecule has 0 spiro atoms. The number of aromatic nitrogens is 4. The Morgan fingerprint density at radius 3 is 1.96 bits per heavy atom. The van der Waals surface area contributed by atoms with E-state index in [1.807, 2.05) is 36.4 Å². The van der Waals surface area contributed by atoms with Crippen molar-refractivity contribution in [2.24, 2.45) is 0 Å². The van der Waals surface area contributed by atoms with E-state index in [0.717, 1.165) is 11.1 Å². The molecule has 0 fully saturated rings. The lowest BCUT2D eigenvalue weighted by atomic mass is 9.91. The molecule has 0 amide bonds. The van der Waals surface area contributed by atoms with Crippen LogP contribution in [0.1, 0.15) is 28.8 Å². The molecule has 8 heteroatoms. The highest BCUT2D eigenvalue weighted by Gasteiger charge is 2.22. The van der Waals surface area contributed by atoms with Crippen molar-refractivity contribution in [2.75, 3.05) is 11.5 Å². The summed E-state index contributed by atoms with van der Waals surface area (Å²) in [5.74, 6) is 2.07. The Labute approximate surface area is 166 Å². The zero-order valence-electron chi connectivity index (χ0n) is 14.9. The van der Waals surface area contributed by atoms with Gasteiger partial charge in [0.15, 0.2) is 11.0 Å². The maximum absolute atomic E-state index is 5.71. The largest absolute Gasteiger partial charge is 0.383 e. The Kier molecular flexibility index (Phi) is 5.20. The minimum atomic E-state index is -0.107. The van der Waals surface area contributed by atoms with Gasteiger partial charge in [-0.05, 0) is 11.1 Å². The molecule has 4 rings (SSSR count). The zero-order valence-corrected chi connectivity index (χ0v) is 15.7. The van der Waals surface area contributed by atoms with Crippen molar-refractivity contribution in [3.8, 4) is 0 Å². The van der Waals surface area contributed by atoms with Crippen molar-refractivity contribution in [3.63, 3.8) is 0 Å². The second-order valence-corrected chi connectivity index (χ2v) is 7.03. The van der Waals surface area contributed by atoms with Gasteiger partial charge in [-0.15, -0.1) is 0 Å². The highest BCUT2D eigenvalue weighted by Crippen LogP contribution is 2.30. The minimum Gasteiger partial charge on any atom is -0.383 e. The monoisotopic (exact) mass is 390 g/mol. The summed E-state index contributed by atoms with van der Waals surface area (Å²) in [6.45, 7) is 0. The number of hydrogen-bond acceptors (Lipinski definition) is 8. The molecule has 0 aliphatic heterocycles. The molecule has 0 aliphatic rings. The Hall–Kier alpha value is -3.39. The Bertz CT molecular complexity index is 995. The van der Waals surface area contributed by atoms with E-state index >= 15 is 0 Å². The molecule has 2 aromatic carbocycles. The topological polar surface area (TPSA) is 117 Å². The standard InChI is InChI=1S/C20H18N6OS/c21-15-11-16(22)24-20(23-15)28-12-17-25-19(26-27-17)18(13-7-3-1-4-8-13)14-9-5-2-6-10-14/h1-11,18H,12H2,(H4,21,22,23,24). The number of thioether (sulfide) groups is 1. The Morgan fingerprint density at radius 1 is 0.821 bits per heavy atom. The normalized spacial score (nSPS) is 11.0. The predicted molar refractivity (Wildman–Crippen MR) is 109 cm³/mol. The third-order valence-electron chi connectivity index (χ3n) is 4.08. The van der Waals surface area contributed by atoms with Gasteiger partial charge >= 0.3 is 0 Å².